The number of fused-ring (bicyclic) bond motifs is 1. The number of sulfonamides is 1. The van der Waals surface area contributed by atoms with Crippen molar-refractivity contribution in [2.45, 2.75) is 45.6 Å². The number of Topliss-reactive ketones (excluding diaryl/α,β-unsaturated/α-hetero) is 1. The first-order valence-electron chi connectivity index (χ1n) is 10.5. The minimum atomic E-state index is -3.74. The average molecular weight is 434 g/mol. The molecule has 0 aliphatic carbocycles. The maximum Gasteiger partial charge on any atom is 0.226 e. The van der Waals surface area contributed by atoms with Crippen molar-refractivity contribution in [2.24, 2.45) is 11.8 Å². The number of allylic oxidation sites excluding steroid dienone is 4. The summed E-state index contributed by atoms with van der Waals surface area (Å²) in [7, 11) is -3.74. The van der Waals surface area contributed by atoms with Gasteiger partial charge in [0, 0.05) is 44.0 Å². The topological polar surface area (TPSA) is 86.8 Å². The van der Waals surface area contributed by atoms with Crippen LogP contribution in [0.1, 0.15) is 39.5 Å². The van der Waals surface area contributed by atoms with Crippen LogP contribution >= 0.6 is 0 Å². The first-order chi connectivity index (χ1) is 14.3. The molecule has 0 bridgehead atoms. The highest BCUT2D eigenvalue weighted by molar-refractivity contribution is 7.89. The Morgan fingerprint density at radius 2 is 1.90 bits per heavy atom. The number of carbonyl (C=O) groups excluding carboxylic acids is 2. The molecule has 164 valence electrons. The molecule has 0 aromatic rings. The van der Waals surface area contributed by atoms with E-state index in [0.717, 1.165) is 19.4 Å². The molecular formula is C22H31N3O4S. The van der Waals surface area contributed by atoms with Crippen LogP contribution in [0.3, 0.4) is 0 Å². The van der Waals surface area contributed by atoms with Gasteiger partial charge in [-0.15, -0.1) is 0 Å². The van der Waals surface area contributed by atoms with Crippen molar-refractivity contribution in [1.82, 2.24) is 14.5 Å². The van der Waals surface area contributed by atoms with E-state index in [9.17, 15) is 18.0 Å². The molecule has 1 N–H and O–H groups in total. The van der Waals surface area contributed by atoms with Crippen LogP contribution in [0.15, 0.2) is 48.5 Å². The molecule has 1 amide bonds. The van der Waals surface area contributed by atoms with Gasteiger partial charge in [-0.1, -0.05) is 26.0 Å². The van der Waals surface area contributed by atoms with E-state index in [4.69, 9.17) is 0 Å². The Balaban J connectivity index is 1.50. The number of hydrogen-bond donors (Lipinski definition) is 1. The number of nitrogens with zero attached hydrogens (tertiary/aromatic N) is 2. The van der Waals surface area contributed by atoms with Gasteiger partial charge in [-0.3, -0.25) is 9.59 Å². The molecule has 0 radical (unpaired) electrons. The Kier molecular flexibility index (Phi) is 7.31. The molecule has 0 aromatic heterocycles. The second kappa shape index (κ2) is 9.75. The molecular weight excluding hydrogens is 402 g/mol. The van der Waals surface area contributed by atoms with E-state index >= 15 is 0 Å². The minimum Gasteiger partial charge on any atom is -0.354 e. The first kappa shape index (κ1) is 22.5. The monoisotopic (exact) mass is 433 g/mol. The van der Waals surface area contributed by atoms with Crippen molar-refractivity contribution in [3.63, 3.8) is 0 Å². The summed E-state index contributed by atoms with van der Waals surface area (Å²) < 4.78 is 26.9. The number of hydrogen-bond acceptors (Lipinski definition) is 5. The van der Waals surface area contributed by atoms with E-state index in [-0.39, 0.29) is 37.0 Å². The van der Waals surface area contributed by atoms with Crippen LogP contribution in [0.5, 0.6) is 0 Å². The molecule has 0 spiro atoms. The maximum absolute atomic E-state index is 12.8. The number of amides is 1. The zero-order valence-corrected chi connectivity index (χ0v) is 18.5. The normalized spacial score (nSPS) is 22.2. The van der Waals surface area contributed by atoms with Gasteiger partial charge in [-0.25, -0.2) is 8.42 Å². The van der Waals surface area contributed by atoms with Gasteiger partial charge < -0.3 is 10.2 Å². The van der Waals surface area contributed by atoms with Gasteiger partial charge in [0.05, 0.1) is 6.04 Å². The summed E-state index contributed by atoms with van der Waals surface area (Å²) in [6.45, 7) is 5.23. The Morgan fingerprint density at radius 1 is 1.20 bits per heavy atom. The Bertz CT molecular complexity index is 870. The third kappa shape index (κ3) is 5.70. The molecule has 1 fully saturated rings. The van der Waals surface area contributed by atoms with Gasteiger partial charge in [-0.2, -0.15) is 4.31 Å². The molecule has 1 unspecified atom stereocenters. The molecule has 30 heavy (non-hydrogen) atoms. The molecule has 0 aromatic carbocycles. The quantitative estimate of drug-likeness (QED) is 0.571. The lowest BCUT2D eigenvalue weighted by molar-refractivity contribution is -0.119. The molecule has 7 nitrogen and oxygen atoms in total. The fraction of sp³-hybridized carbons (Fsp3) is 0.545. The molecule has 3 rings (SSSR count). The third-order valence-electron chi connectivity index (χ3n) is 5.87. The van der Waals surface area contributed by atoms with Gasteiger partial charge in [0.1, 0.15) is 11.5 Å². The van der Waals surface area contributed by atoms with Crippen molar-refractivity contribution >= 4 is 21.7 Å². The molecule has 2 atom stereocenters. The fourth-order valence-corrected chi connectivity index (χ4v) is 5.71. The second-order valence-electron chi connectivity index (χ2n) is 8.45. The molecule has 1 saturated heterocycles. The third-order valence-corrected chi connectivity index (χ3v) is 7.68. The summed E-state index contributed by atoms with van der Waals surface area (Å²) in [4.78, 5) is 26.3. The van der Waals surface area contributed by atoms with Crippen LogP contribution in [-0.4, -0.2) is 54.2 Å². The highest BCUT2D eigenvalue weighted by Gasteiger charge is 2.42. The molecule has 3 aliphatic rings. The predicted molar refractivity (Wildman–Crippen MR) is 116 cm³/mol. The molecule has 8 heteroatoms. The van der Waals surface area contributed by atoms with Crippen molar-refractivity contribution < 1.29 is 18.0 Å². The summed E-state index contributed by atoms with van der Waals surface area (Å²) in [5.41, 5.74) is 0.642. The molecule has 3 heterocycles. The Labute approximate surface area is 179 Å². The van der Waals surface area contributed by atoms with Crippen LogP contribution < -0.4 is 5.32 Å². The van der Waals surface area contributed by atoms with E-state index in [1.165, 1.54) is 4.31 Å². The van der Waals surface area contributed by atoms with E-state index < -0.39 is 21.8 Å². The van der Waals surface area contributed by atoms with E-state index in [0.29, 0.717) is 11.6 Å². The van der Waals surface area contributed by atoms with Crippen molar-refractivity contribution in [1.29, 1.82) is 0 Å². The first-order valence-corrected chi connectivity index (χ1v) is 12.2. The van der Waals surface area contributed by atoms with Gasteiger partial charge in [-0.05, 0) is 42.9 Å². The summed E-state index contributed by atoms with van der Waals surface area (Å²) in [6.07, 6.45) is 15.9. The zero-order valence-electron chi connectivity index (χ0n) is 17.7. The number of nitrogens with one attached hydrogen (secondary N) is 1. The van der Waals surface area contributed by atoms with Crippen LogP contribution in [0.25, 0.3) is 0 Å². The van der Waals surface area contributed by atoms with Gasteiger partial charge in [0.2, 0.25) is 15.9 Å². The van der Waals surface area contributed by atoms with Crippen LogP contribution in [-0.2, 0) is 19.6 Å². The van der Waals surface area contributed by atoms with Gasteiger partial charge in [0.15, 0.2) is 0 Å². The summed E-state index contributed by atoms with van der Waals surface area (Å²) in [5.74, 6) is -0.482. The molecule has 3 aliphatic heterocycles. The van der Waals surface area contributed by atoms with Crippen molar-refractivity contribution in [3.8, 4) is 0 Å². The lowest BCUT2D eigenvalue weighted by Crippen LogP contribution is -2.40. The maximum atomic E-state index is 12.8. The standard InChI is InChI=1S/C22H31N3O4S/c1-17(2)18(8-7-12-24-10-5-3-4-6-11-24)14-19(26)16-30(28,29)25-13-9-20-21(25)15-22(27)23-20/h3-6,9-11,17-18,21H,7-8,12-16H2,1-2H3,(H,23,27)/t18?,21-/m1/s1. The predicted octanol–water partition coefficient (Wildman–Crippen LogP) is 2.32. The summed E-state index contributed by atoms with van der Waals surface area (Å²) >= 11 is 0. The van der Waals surface area contributed by atoms with Crippen LogP contribution in [0.4, 0.5) is 0 Å². The highest BCUT2D eigenvalue weighted by Crippen LogP contribution is 2.28. The molecule has 0 saturated carbocycles. The number of rotatable bonds is 10. The van der Waals surface area contributed by atoms with E-state index in [1.54, 1.807) is 6.08 Å². The Hall–Kier alpha value is -2.19. The largest absolute Gasteiger partial charge is 0.354 e. The highest BCUT2D eigenvalue weighted by atomic mass is 32.2. The van der Waals surface area contributed by atoms with E-state index in [2.05, 4.69) is 24.1 Å². The van der Waals surface area contributed by atoms with Crippen molar-refractivity contribution in [2.75, 3.05) is 18.8 Å². The zero-order chi connectivity index (χ0) is 21.7. The van der Waals surface area contributed by atoms with Crippen LogP contribution in [0.2, 0.25) is 0 Å². The van der Waals surface area contributed by atoms with Gasteiger partial charge >= 0.3 is 0 Å². The fourth-order valence-electron chi connectivity index (χ4n) is 4.14. The summed E-state index contributed by atoms with van der Waals surface area (Å²) in [6, 6.07) is -0.472. The average Bonchev–Trinajstić information content (AvgIpc) is 3.09. The minimum absolute atomic E-state index is 0.128. The Morgan fingerprint density at radius 3 is 2.57 bits per heavy atom. The second-order valence-corrected chi connectivity index (χ2v) is 10.4. The smallest absolute Gasteiger partial charge is 0.226 e. The SMILES string of the molecule is CC(C)C(CCCN1C=CC=CC=C1)CC(=O)CS(=O)(=O)N1CC=C2NC(=O)C[C@H]21. The van der Waals surface area contributed by atoms with Crippen LogP contribution in [0, 0.1) is 11.8 Å². The summed E-state index contributed by atoms with van der Waals surface area (Å²) in [5, 5.41) is 2.69. The number of ketones is 1. The van der Waals surface area contributed by atoms with Gasteiger partial charge in [0.25, 0.3) is 0 Å². The van der Waals surface area contributed by atoms with Crippen molar-refractivity contribution in [3.05, 3.63) is 48.5 Å². The lowest BCUT2D eigenvalue weighted by atomic mass is 9.87. The number of carbonyl (C=O) groups is 2. The van der Waals surface area contributed by atoms with E-state index in [1.807, 2.05) is 36.7 Å². The lowest BCUT2D eigenvalue weighted by Gasteiger charge is -2.24.